The van der Waals surface area contributed by atoms with Crippen molar-refractivity contribution < 1.29 is 9.53 Å². The number of carbonyl (C=O) groups excluding carboxylic acids is 1. The lowest BCUT2D eigenvalue weighted by Crippen LogP contribution is -2.14. The van der Waals surface area contributed by atoms with Gasteiger partial charge in [-0.2, -0.15) is 4.98 Å². The number of amides is 1. The Morgan fingerprint density at radius 1 is 1.04 bits per heavy atom. The molecule has 1 amide bonds. The number of nitrogens with one attached hydrogen (secondary N) is 1. The van der Waals surface area contributed by atoms with Crippen LogP contribution in [0.5, 0.6) is 11.5 Å². The summed E-state index contributed by atoms with van der Waals surface area (Å²) in [6.45, 7) is 3.88. The first-order valence-corrected chi connectivity index (χ1v) is 8.43. The smallest absolute Gasteiger partial charge is 0.295 e. The summed E-state index contributed by atoms with van der Waals surface area (Å²) >= 11 is 0. The molecular weight excluding hydrogens is 342 g/mol. The maximum Gasteiger partial charge on any atom is 0.295 e. The largest absolute Gasteiger partial charge is 0.457 e. The van der Waals surface area contributed by atoms with Crippen LogP contribution in [-0.4, -0.2) is 25.5 Å². The molecule has 4 rings (SSSR count). The van der Waals surface area contributed by atoms with Gasteiger partial charge in [0.2, 0.25) is 5.82 Å². The third-order valence-electron chi connectivity index (χ3n) is 3.97. The first-order chi connectivity index (χ1) is 13.1. The number of rotatable bonds is 4. The van der Waals surface area contributed by atoms with E-state index in [1.54, 1.807) is 36.5 Å². The van der Waals surface area contributed by atoms with Crippen LogP contribution in [0.25, 0.3) is 5.78 Å². The van der Waals surface area contributed by atoms with E-state index in [0.717, 1.165) is 17.0 Å². The molecule has 4 aromatic rings. The quantitative estimate of drug-likeness (QED) is 0.600. The number of benzene rings is 2. The van der Waals surface area contributed by atoms with Crippen LogP contribution in [0, 0.1) is 13.8 Å². The maximum absolute atomic E-state index is 12.4. The minimum atomic E-state index is -0.396. The summed E-state index contributed by atoms with van der Waals surface area (Å²) in [5, 5.41) is 6.97. The average molecular weight is 359 g/mol. The monoisotopic (exact) mass is 359 g/mol. The van der Waals surface area contributed by atoms with Gasteiger partial charge in [-0.3, -0.25) is 4.79 Å². The summed E-state index contributed by atoms with van der Waals surface area (Å²) in [7, 11) is 0. The third-order valence-corrected chi connectivity index (χ3v) is 3.97. The van der Waals surface area contributed by atoms with E-state index in [9.17, 15) is 4.79 Å². The molecule has 0 saturated carbocycles. The van der Waals surface area contributed by atoms with Gasteiger partial charge in [0.25, 0.3) is 11.7 Å². The lowest BCUT2D eigenvalue weighted by atomic mass is 10.2. The van der Waals surface area contributed by atoms with E-state index in [2.05, 4.69) is 20.4 Å². The molecular formula is C20H17N5O2. The zero-order valence-electron chi connectivity index (χ0n) is 14.9. The number of hydrogen-bond acceptors (Lipinski definition) is 5. The number of carbonyl (C=O) groups is 1. The molecule has 0 aliphatic carbocycles. The fourth-order valence-electron chi connectivity index (χ4n) is 2.61. The molecule has 134 valence electrons. The normalized spacial score (nSPS) is 10.7. The zero-order chi connectivity index (χ0) is 18.8. The van der Waals surface area contributed by atoms with Crippen LogP contribution in [0.1, 0.15) is 21.9 Å². The molecule has 0 fully saturated rings. The molecule has 0 aliphatic rings. The minimum absolute atomic E-state index is 0.0666. The van der Waals surface area contributed by atoms with E-state index in [-0.39, 0.29) is 5.82 Å². The Morgan fingerprint density at radius 2 is 1.85 bits per heavy atom. The van der Waals surface area contributed by atoms with Gasteiger partial charge in [-0.1, -0.05) is 12.1 Å². The number of fused-ring (bicyclic) bond motifs is 1. The molecule has 0 unspecified atom stereocenters. The van der Waals surface area contributed by atoms with Crippen LogP contribution >= 0.6 is 0 Å². The van der Waals surface area contributed by atoms with Crippen LogP contribution < -0.4 is 10.1 Å². The number of aryl methyl sites for hydroxylation is 2. The summed E-state index contributed by atoms with van der Waals surface area (Å²) in [4.78, 5) is 20.7. The molecule has 0 saturated heterocycles. The average Bonchev–Trinajstić information content (AvgIpc) is 3.09. The number of hydrogen-bond donors (Lipinski definition) is 1. The number of anilines is 1. The minimum Gasteiger partial charge on any atom is -0.457 e. The lowest BCUT2D eigenvalue weighted by Gasteiger charge is -2.08. The molecule has 0 atom stereocenters. The summed E-state index contributed by atoms with van der Waals surface area (Å²) in [5.41, 5.74) is 2.60. The van der Waals surface area contributed by atoms with Crippen molar-refractivity contribution in [2.75, 3.05) is 5.32 Å². The Bertz CT molecular complexity index is 1120. The van der Waals surface area contributed by atoms with Crippen LogP contribution in [0.15, 0.2) is 60.8 Å². The van der Waals surface area contributed by atoms with Gasteiger partial charge in [0.1, 0.15) is 11.5 Å². The van der Waals surface area contributed by atoms with Crippen LogP contribution in [0.3, 0.4) is 0 Å². The summed E-state index contributed by atoms with van der Waals surface area (Å²) < 4.78 is 7.34. The third kappa shape index (κ3) is 3.62. The summed E-state index contributed by atoms with van der Waals surface area (Å²) in [6.07, 6.45) is 1.63. The maximum atomic E-state index is 12.4. The van der Waals surface area contributed by atoms with Gasteiger partial charge in [0.15, 0.2) is 0 Å². The molecule has 1 N–H and O–H groups in total. The Balaban J connectivity index is 1.47. The first-order valence-electron chi connectivity index (χ1n) is 8.43. The van der Waals surface area contributed by atoms with Gasteiger partial charge in [-0.25, -0.2) is 9.50 Å². The Labute approximate surface area is 155 Å². The van der Waals surface area contributed by atoms with Crippen LogP contribution in [0.4, 0.5) is 5.69 Å². The highest BCUT2D eigenvalue weighted by molar-refractivity contribution is 6.01. The predicted molar refractivity (Wildman–Crippen MR) is 101 cm³/mol. The van der Waals surface area contributed by atoms with Gasteiger partial charge in [-0.15, -0.1) is 5.10 Å². The molecule has 2 heterocycles. The molecule has 2 aromatic heterocycles. The van der Waals surface area contributed by atoms with E-state index in [0.29, 0.717) is 17.2 Å². The van der Waals surface area contributed by atoms with Gasteiger partial charge in [0.05, 0.1) is 0 Å². The van der Waals surface area contributed by atoms with E-state index < -0.39 is 5.91 Å². The molecule has 7 heteroatoms. The predicted octanol–water partition coefficient (Wildman–Crippen LogP) is 3.79. The van der Waals surface area contributed by atoms with Crippen LogP contribution in [-0.2, 0) is 0 Å². The highest BCUT2D eigenvalue weighted by atomic mass is 16.5. The van der Waals surface area contributed by atoms with Crippen molar-refractivity contribution in [3.05, 3.63) is 77.9 Å². The fourth-order valence-corrected chi connectivity index (χ4v) is 2.61. The number of ether oxygens (including phenoxy) is 1. The van der Waals surface area contributed by atoms with Crippen molar-refractivity contribution >= 4 is 17.4 Å². The second-order valence-electron chi connectivity index (χ2n) is 6.13. The SMILES string of the molecule is Cc1cccc(Oc2ccc(NC(=O)c3nc4nccc(C)n4n3)cc2)c1. The topological polar surface area (TPSA) is 81.4 Å². The zero-order valence-corrected chi connectivity index (χ0v) is 14.9. The molecule has 0 radical (unpaired) electrons. The Kier molecular flexibility index (Phi) is 4.25. The van der Waals surface area contributed by atoms with Gasteiger partial charge in [-0.05, 0) is 61.9 Å². The molecule has 27 heavy (non-hydrogen) atoms. The van der Waals surface area contributed by atoms with Crippen molar-refractivity contribution in [2.24, 2.45) is 0 Å². The second kappa shape index (κ2) is 6.87. The van der Waals surface area contributed by atoms with Crippen molar-refractivity contribution in [3.8, 4) is 11.5 Å². The van der Waals surface area contributed by atoms with Crippen molar-refractivity contribution in [2.45, 2.75) is 13.8 Å². The standard InChI is InChI=1S/C20H17N5O2/c1-13-4-3-5-17(12-13)27-16-8-6-15(7-9-16)22-19(26)18-23-20-21-11-10-14(2)25(20)24-18/h3-12H,1-2H3,(H,22,26). The van der Waals surface area contributed by atoms with E-state index >= 15 is 0 Å². The highest BCUT2D eigenvalue weighted by Crippen LogP contribution is 2.23. The van der Waals surface area contributed by atoms with Crippen LogP contribution in [0.2, 0.25) is 0 Å². The van der Waals surface area contributed by atoms with Crippen molar-refractivity contribution in [1.82, 2.24) is 19.6 Å². The first kappa shape index (κ1) is 16.7. The van der Waals surface area contributed by atoms with E-state index in [1.165, 1.54) is 4.52 Å². The second-order valence-corrected chi connectivity index (χ2v) is 6.13. The number of aromatic nitrogens is 4. The Morgan fingerprint density at radius 3 is 2.59 bits per heavy atom. The molecule has 2 aromatic carbocycles. The van der Waals surface area contributed by atoms with E-state index in [4.69, 9.17) is 4.74 Å². The van der Waals surface area contributed by atoms with Gasteiger partial charge >= 0.3 is 0 Å². The fraction of sp³-hybridized carbons (Fsp3) is 0.100. The number of nitrogens with zero attached hydrogens (tertiary/aromatic N) is 4. The summed E-state index contributed by atoms with van der Waals surface area (Å²) in [6, 6.07) is 16.7. The Hall–Kier alpha value is -3.74. The molecule has 0 aliphatic heterocycles. The molecule has 0 bridgehead atoms. The lowest BCUT2D eigenvalue weighted by molar-refractivity contribution is 0.101. The summed E-state index contributed by atoms with van der Waals surface area (Å²) in [5.74, 6) is 1.51. The molecule has 0 spiro atoms. The van der Waals surface area contributed by atoms with Crippen molar-refractivity contribution in [3.63, 3.8) is 0 Å². The van der Waals surface area contributed by atoms with E-state index in [1.807, 2.05) is 38.1 Å². The van der Waals surface area contributed by atoms with Crippen molar-refractivity contribution in [1.29, 1.82) is 0 Å². The van der Waals surface area contributed by atoms with Gasteiger partial charge in [0, 0.05) is 17.6 Å². The molecule has 7 nitrogen and oxygen atoms in total. The van der Waals surface area contributed by atoms with Gasteiger partial charge < -0.3 is 10.1 Å². The highest BCUT2D eigenvalue weighted by Gasteiger charge is 2.14.